The predicted octanol–water partition coefficient (Wildman–Crippen LogP) is 4.12. The third-order valence-corrected chi connectivity index (χ3v) is 4.25. The number of hydrogen-bond donors (Lipinski definition) is 2. The second-order valence-electron chi connectivity index (χ2n) is 6.08. The number of alkyl halides is 3. The Morgan fingerprint density at radius 1 is 1.16 bits per heavy atom. The van der Waals surface area contributed by atoms with Gasteiger partial charge in [-0.2, -0.15) is 0 Å². The molecule has 31 heavy (non-hydrogen) atoms. The summed E-state index contributed by atoms with van der Waals surface area (Å²) in [4.78, 5) is 30.0. The number of aromatic nitrogens is 2. The molecule has 0 fully saturated rings. The zero-order valence-electron chi connectivity index (χ0n) is 15.1. The number of hydrogen-bond acceptors (Lipinski definition) is 4. The highest BCUT2D eigenvalue weighted by atomic mass is 35.5. The lowest BCUT2D eigenvalue weighted by atomic mass is 10.0. The summed E-state index contributed by atoms with van der Waals surface area (Å²) in [5, 5.41) is 2.11. The first-order valence-corrected chi connectivity index (χ1v) is 8.77. The van der Waals surface area contributed by atoms with E-state index in [0.29, 0.717) is 12.1 Å². The molecule has 2 aromatic heterocycles. The Kier molecular flexibility index (Phi) is 6.25. The largest absolute Gasteiger partial charge is 0.573 e. The molecule has 1 aromatic carbocycles. The molecule has 1 amide bonds. The van der Waals surface area contributed by atoms with E-state index < -0.39 is 41.3 Å². The van der Waals surface area contributed by atoms with Crippen molar-refractivity contribution in [1.29, 1.82) is 0 Å². The van der Waals surface area contributed by atoms with Crippen LogP contribution in [0.5, 0.6) is 5.75 Å². The van der Waals surface area contributed by atoms with Crippen LogP contribution in [-0.4, -0.2) is 22.2 Å². The zero-order valence-corrected chi connectivity index (χ0v) is 15.9. The van der Waals surface area contributed by atoms with E-state index in [1.165, 1.54) is 12.3 Å². The summed E-state index contributed by atoms with van der Waals surface area (Å²) in [6.07, 6.45) is -2.85. The maximum atomic E-state index is 14.3. The number of rotatable bonds is 5. The Hall–Kier alpha value is -3.47. The van der Waals surface area contributed by atoms with Crippen LogP contribution in [0.4, 0.5) is 22.0 Å². The number of nitrogens with one attached hydrogen (secondary N) is 2. The summed E-state index contributed by atoms with van der Waals surface area (Å²) in [6.45, 7) is 0. The molecule has 0 radical (unpaired) electrons. The number of H-pyrrole nitrogens is 1. The van der Waals surface area contributed by atoms with Gasteiger partial charge in [0.2, 0.25) is 0 Å². The number of ether oxygens (including phenoxy) is 1. The second kappa shape index (κ2) is 8.72. The Bertz CT molecular complexity index is 1180. The first kappa shape index (κ1) is 22.2. The van der Waals surface area contributed by atoms with Crippen LogP contribution in [0.2, 0.25) is 5.02 Å². The van der Waals surface area contributed by atoms with Crippen molar-refractivity contribution in [3.63, 3.8) is 0 Å². The number of carbonyl (C=O) groups excluding carboxylic acids is 1. The summed E-state index contributed by atoms with van der Waals surface area (Å²) in [6, 6.07) is 4.34. The minimum absolute atomic E-state index is 0.108. The highest BCUT2D eigenvalue weighted by Crippen LogP contribution is 2.30. The molecule has 3 rings (SSSR count). The van der Waals surface area contributed by atoms with Crippen molar-refractivity contribution in [3.05, 3.63) is 92.6 Å². The second-order valence-corrected chi connectivity index (χ2v) is 6.49. The van der Waals surface area contributed by atoms with Crippen LogP contribution in [0, 0.1) is 11.6 Å². The molecule has 0 bridgehead atoms. The molecular weight excluding hydrogens is 449 g/mol. The lowest BCUT2D eigenvalue weighted by Crippen LogP contribution is -2.31. The van der Waals surface area contributed by atoms with Gasteiger partial charge in [0, 0.05) is 12.4 Å². The van der Waals surface area contributed by atoms with Crippen molar-refractivity contribution in [1.82, 2.24) is 15.3 Å². The number of halogens is 6. The van der Waals surface area contributed by atoms with Crippen LogP contribution in [0.15, 0.2) is 53.6 Å². The molecular formula is C19H11ClF5N3O3. The van der Waals surface area contributed by atoms with Crippen LogP contribution in [0.3, 0.4) is 0 Å². The fourth-order valence-electron chi connectivity index (χ4n) is 2.63. The first-order chi connectivity index (χ1) is 14.5. The van der Waals surface area contributed by atoms with E-state index >= 15 is 0 Å². The number of carbonyl (C=O) groups is 1. The van der Waals surface area contributed by atoms with E-state index in [1.54, 1.807) is 0 Å². The van der Waals surface area contributed by atoms with E-state index in [0.717, 1.165) is 24.4 Å². The van der Waals surface area contributed by atoms with Crippen LogP contribution in [0.1, 0.15) is 27.7 Å². The molecule has 0 saturated heterocycles. The van der Waals surface area contributed by atoms with Crippen molar-refractivity contribution < 1.29 is 31.5 Å². The van der Waals surface area contributed by atoms with Crippen molar-refractivity contribution in [2.45, 2.75) is 12.4 Å². The summed E-state index contributed by atoms with van der Waals surface area (Å²) < 4.78 is 69.3. The SMILES string of the molecule is O=C(N[C@@H](c1ccc(OC(F)(F)F)c(F)c1)c1ncccc1F)c1c[nH]c(=O)c(Cl)c1. The van der Waals surface area contributed by atoms with Gasteiger partial charge in [-0.1, -0.05) is 17.7 Å². The van der Waals surface area contributed by atoms with Gasteiger partial charge in [0.05, 0.1) is 11.6 Å². The summed E-state index contributed by atoms with van der Waals surface area (Å²) in [5.74, 6) is -4.19. The predicted molar refractivity (Wildman–Crippen MR) is 98.7 cm³/mol. The Labute approximate surface area is 175 Å². The van der Waals surface area contributed by atoms with Crippen molar-refractivity contribution in [2.75, 3.05) is 0 Å². The quantitative estimate of drug-likeness (QED) is 0.562. The van der Waals surface area contributed by atoms with Gasteiger partial charge < -0.3 is 15.0 Å². The highest BCUT2D eigenvalue weighted by molar-refractivity contribution is 6.30. The minimum atomic E-state index is -5.12. The molecule has 2 heterocycles. The van der Waals surface area contributed by atoms with Crippen LogP contribution < -0.4 is 15.6 Å². The van der Waals surface area contributed by atoms with Gasteiger partial charge in [0.1, 0.15) is 16.5 Å². The molecule has 2 N–H and O–H groups in total. The molecule has 0 spiro atoms. The number of pyridine rings is 2. The number of nitrogens with zero attached hydrogens (tertiary/aromatic N) is 1. The lowest BCUT2D eigenvalue weighted by molar-refractivity contribution is -0.275. The van der Waals surface area contributed by atoms with Crippen molar-refractivity contribution in [2.24, 2.45) is 0 Å². The van der Waals surface area contributed by atoms with Gasteiger partial charge in [-0.05, 0) is 35.9 Å². The smallest absolute Gasteiger partial charge is 0.403 e. The fourth-order valence-corrected chi connectivity index (χ4v) is 2.80. The van der Waals surface area contributed by atoms with Crippen LogP contribution >= 0.6 is 11.6 Å². The van der Waals surface area contributed by atoms with Gasteiger partial charge in [0.25, 0.3) is 11.5 Å². The minimum Gasteiger partial charge on any atom is -0.403 e. The Balaban J connectivity index is 2.00. The van der Waals surface area contributed by atoms with Gasteiger partial charge in [-0.25, -0.2) is 8.78 Å². The molecule has 0 aliphatic carbocycles. The standard InChI is InChI=1S/C19H11ClF5N3O3/c20-11-6-10(8-27-18(11)30)17(29)28-15(16-12(21)2-1-5-26-16)9-3-4-14(13(22)7-9)31-19(23,24)25/h1-8,15H,(H,27,30)(H,28,29)/t15-/m0/s1. The zero-order chi connectivity index (χ0) is 22.8. The van der Waals surface area contributed by atoms with Crippen molar-refractivity contribution in [3.8, 4) is 5.75 Å². The molecule has 0 aliphatic heterocycles. The average Bonchev–Trinajstić information content (AvgIpc) is 2.69. The topological polar surface area (TPSA) is 84.1 Å². The lowest BCUT2D eigenvalue weighted by Gasteiger charge is -2.20. The number of aromatic amines is 1. The molecule has 6 nitrogen and oxygen atoms in total. The van der Waals surface area contributed by atoms with Crippen LogP contribution in [0.25, 0.3) is 0 Å². The van der Waals surface area contributed by atoms with E-state index in [1.807, 2.05) is 0 Å². The maximum Gasteiger partial charge on any atom is 0.573 e. The average molecular weight is 460 g/mol. The molecule has 162 valence electrons. The molecule has 3 aromatic rings. The highest BCUT2D eigenvalue weighted by Gasteiger charge is 2.33. The van der Waals surface area contributed by atoms with E-state index in [9.17, 15) is 31.5 Å². The van der Waals surface area contributed by atoms with Crippen molar-refractivity contribution >= 4 is 17.5 Å². The molecule has 0 unspecified atom stereocenters. The monoisotopic (exact) mass is 459 g/mol. The van der Waals surface area contributed by atoms with E-state index in [-0.39, 0.29) is 21.8 Å². The summed E-state index contributed by atoms with van der Waals surface area (Å²) in [5.41, 5.74) is -1.19. The number of benzene rings is 1. The molecule has 1 atom stereocenters. The fraction of sp³-hybridized carbons (Fsp3) is 0.105. The van der Waals surface area contributed by atoms with Gasteiger partial charge in [-0.3, -0.25) is 14.6 Å². The Morgan fingerprint density at radius 2 is 1.90 bits per heavy atom. The summed E-state index contributed by atoms with van der Waals surface area (Å²) in [7, 11) is 0. The summed E-state index contributed by atoms with van der Waals surface area (Å²) >= 11 is 5.69. The Morgan fingerprint density at radius 3 is 2.52 bits per heavy atom. The third kappa shape index (κ3) is 5.37. The van der Waals surface area contributed by atoms with E-state index in [4.69, 9.17) is 11.6 Å². The first-order valence-electron chi connectivity index (χ1n) is 8.40. The van der Waals surface area contributed by atoms with Gasteiger partial charge in [-0.15, -0.1) is 13.2 Å². The molecule has 0 aliphatic rings. The van der Waals surface area contributed by atoms with Gasteiger partial charge in [0.15, 0.2) is 11.6 Å². The molecule has 12 heteroatoms. The van der Waals surface area contributed by atoms with E-state index in [2.05, 4.69) is 20.0 Å². The van der Waals surface area contributed by atoms with Gasteiger partial charge >= 0.3 is 6.36 Å². The van der Waals surface area contributed by atoms with Crippen LogP contribution in [-0.2, 0) is 0 Å². The number of amides is 1. The maximum absolute atomic E-state index is 14.3. The molecule has 0 saturated carbocycles. The normalized spacial score (nSPS) is 12.3. The third-order valence-electron chi connectivity index (χ3n) is 3.97.